The Morgan fingerprint density at radius 3 is 2.37 bits per heavy atom. The van der Waals surface area contributed by atoms with E-state index in [-0.39, 0.29) is 60.4 Å². The normalized spacial score (nSPS) is 35.9. The van der Waals surface area contributed by atoms with E-state index in [1.165, 1.54) is 18.2 Å². The minimum absolute atomic E-state index is 0.0443. The third-order valence-electron chi connectivity index (χ3n) is 14.7. The van der Waals surface area contributed by atoms with Gasteiger partial charge in [0.2, 0.25) is 11.8 Å². The van der Waals surface area contributed by atoms with Crippen molar-refractivity contribution in [2.45, 2.75) is 127 Å². The molecular weight excluding hydrogens is 763 g/mol. The number of allylic oxidation sites excluding steroid dienone is 4. The second-order valence-electron chi connectivity index (χ2n) is 18.0. The van der Waals surface area contributed by atoms with Crippen LogP contribution in [0.5, 0.6) is 5.75 Å². The molecule has 5 amide bonds. The number of fused-ring (bicyclic) bond motifs is 6. The first-order valence-electron chi connectivity index (χ1n) is 21.2. The highest BCUT2D eigenvalue weighted by molar-refractivity contribution is 6.07. The number of nitrogens with one attached hydrogen (secondary N) is 3. The highest BCUT2D eigenvalue weighted by Gasteiger charge is 2.75. The van der Waals surface area contributed by atoms with Gasteiger partial charge in [0.25, 0.3) is 17.7 Å². The highest BCUT2D eigenvalue weighted by atomic mass is 19.1. The van der Waals surface area contributed by atoms with Crippen molar-refractivity contribution in [2.24, 2.45) is 28.6 Å². The van der Waals surface area contributed by atoms with Gasteiger partial charge in [0, 0.05) is 41.8 Å². The molecule has 10 atom stereocenters. The Hall–Kier alpha value is -4.47. The Morgan fingerprint density at radius 2 is 1.66 bits per heavy atom. The minimum atomic E-state index is -2.02. The molecule has 6 N–H and O–H groups in total. The van der Waals surface area contributed by atoms with E-state index < -0.39 is 75.9 Å². The molecule has 59 heavy (non-hydrogen) atoms. The van der Waals surface area contributed by atoms with Gasteiger partial charge >= 0.3 is 0 Å². The van der Waals surface area contributed by atoms with E-state index in [9.17, 15) is 44.1 Å². The fourth-order valence-electron chi connectivity index (χ4n) is 11.5. The molecule has 0 spiro atoms. The molecule has 1 aromatic carbocycles. The molecule has 0 bridgehead atoms. The van der Waals surface area contributed by atoms with Crippen LogP contribution in [0.25, 0.3) is 0 Å². The average Bonchev–Trinajstić information content (AvgIpc) is 3.56. The SMILES string of the molecule is C[C@@H]1C[C@H]2[C@@H]3CCC4=CC(=O)C=C[C@]4(C)[C@@]3(F)[C@@H](O)C[C@]2(C)[C@@]1(O)C(=O)NCCCCCCCCNC(=O)COc1cccc2c1C(=O)N(C1CCC(=O)NC1=O)C2O. The van der Waals surface area contributed by atoms with Crippen LogP contribution in [-0.4, -0.2) is 98.7 Å². The predicted molar refractivity (Wildman–Crippen MR) is 211 cm³/mol. The molecule has 0 radical (unpaired) electrons. The lowest BCUT2D eigenvalue weighted by Gasteiger charge is -2.62. The van der Waals surface area contributed by atoms with Gasteiger partial charge in [0.15, 0.2) is 29.9 Å². The van der Waals surface area contributed by atoms with Gasteiger partial charge in [0.1, 0.15) is 11.8 Å². The molecule has 1 saturated heterocycles. The molecule has 4 aliphatic carbocycles. The number of hydrogen-bond acceptors (Lipinski definition) is 10. The number of ether oxygens (including phenoxy) is 1. The number of benzene rings is 1. The van der Waals surface area contributed by atoms with Crippen LogP contribution >= 0.6 is 0 Å². The maximum Gasteiger partial charge on any atom is 0.261 e. The predicted octanol–water partition coefficient (Wildman–Crippen LogP) is 3.24. The summed E-state index contributed by atoms with van der Waals surface area (Å²) < 4.78 is 23.1. The number of rotatable bonds is 14. The first-order valence-corrected chi connectivity index (χ1v) is 21.2. The summed E-state index contributed by atoms with van der Waals surface area (Å²) in [6.07, 6.45) is 8.12. The number of carbonyl (C=O) groups is 6. The number of alkyl halides is 1. The second-order valence-corrected chi connectivity index (χ2v) is 18.0. The van der Waals surface area contributed by atoms with Crippen molar-refractivity contribution in [3.63, 3.8) is 0 Å². The van der Waals surface area contributed by atoms with Gasteiger partial charge in [-0.25, -0.2) is 4.39 Å². The van der Waals surface area contributed by atoms with E-state index in [1.807, 2.05) is 13.8 Å². The van der Waals surface area contributed by atoms with Crippen molar-refractivity contribution in [3.8, 4) is 5.75 Å². The molecule has 15 heteroatoms. The number of hydrogen-bond donors (Lipinski definition) is 6. The second kappa shape index (κ2) is 16.2. The molecule has 7 rings (SSSR count). The van der Waals surface area contributed by atoms with Crippen LogP contribution in [0.15, 0.2) is 42.0 Å². The van der Waals surface area contributed by atoms with E-state index in [1.54, 1.807) is 25.1 Å². The number of carbonyl (C=O) groups excluding carboxylic acids is 6. The maximum atomic E-state index is 17.4. The standard InChI is InChI=1S/C44H57FN4O10/c1-25-21-30-29-14-13-26-22-27(50)17-18-41(26,2)43(29,45)33(51)23-42(30,3)44(25,58)40(57)47-20-9-7-5-4-6-8-19-46-35(53)24-59-32-12-10-11-28-36(32)39(56)49(38(28)55)31-15-16-34(52)48-37(31)54/h10-12,17-18,22,25,29-31,33,38,51,55,58H,4-9,13-16,19-21,23-24H2,1-3H3,(H,46,53)(H,47,57)(H,48,52,54)/t25-,29+,30+,31?,33+,38?,41+,42+,43+,44+/m1/s1. The molecule has 1 aromatic rings. The quantitative estimate of drug-likeness (QED) is 0.119. The number of aliphatic hydroxyl groups excluding tert-OH is 2. The third-order valence-corrected chi connectivity index (χ3v) is 14.7. The van der Waals surface area contributed by atoms with E-state index in [2.05, 4.69) is 16.0 Å². The van der Waals surface area contributed by atoms with Crippen molar-refractivity contribution < 1.29 is 53.2 Å². The zero-order chi connectivity index (χ0) is 42.5. The Morgan fingerprint density at radius 1 is 0.966 bits per heavy atom. The van der Waals surface area contributed by atoms with Crippen LogP contribution in [-0.2, 0) is 24.0 Å². The van der Waals surface area contributed by atoms with Gasteiger partial charge in [-0.05, 0) is 81.9 Å². The van der Waals surface area contributed by atoms with Crippen LogP contribution in [0.2, 0.25) is 0 Å². The number of amides is 5. The van der Waals surface area contributed by atoms with E-state index >= 15 is 4.39 Å². The molecule has 6 aliphatic rings. The van der Waals surface area contributed by atoms with E-state index in [0.29, 0.717) is 44.3 Å². The number of unbranched alkanes of at least 4 members (excludes halogenated alkanes) is 5. The van der Waals surface area contributed by atoms with Crippen LogP contribution in [0, 0.1) is 28.6 Å². The molecular formula is C44H57FN4O10. The zero-order valence-corrected chi connectivity index (χ0v) is 34.1. The first-order chi connectivity index (χ1) is 28.0. The average molecular weight is 821 g/mol. The lowest BCUT2D eigenvalue weighted by atomic mass is 9.44. The van der Waals surface area contributed by atoms with Crippen molar-refractivity contribution >= 4 is 35.3 Å². The lowest BCUT2D eigenvalue weighted by molar-refractivity contribution is -0.219. The fraction of sp³-hybridized carbons (Fsp3) is 0.636. The van der Waals surface area contributed by atoms with E-state index in [4.69, 9.17) is 4.74 Å². The van der Waals surface area contributed by atoms with Gasteiger partial charge in [-0.1, -0.05) is 63.3 Å². The number of aliphatic hydroxyl groups is 3. The third kappa shape index (κ3) is 7.00. The molecule has 2 heterocycles. The highest BCUT2D eigenvalue weighted by Crippen LogP contribution is 2.70. The molecule has 320 valence electrons. The summed E-state index contributed by atoms with van der Waals surface area (Å²) in [4.78, 5) is 76.8. The summed E-state index contributed by atoms with van der Waals surface area (Å²) in [5, 5.41) is 42.6. The molecule has 2 unspecified atom stereocenters. The number of piperidine rings is 1. The molecule has 4 fully saturated rings. The van der Waals surface area contributed by atoms with Gasteiger partial charge in [0.05, 0.1) is 11.7 Å². The Bertz CT molecular complexity index is 1970. The smallest absolute Gasteiger partial charge is 0.261 e. The molecule has 14 nitrogen and oxygen atoms in total. The lowest BCUT2D eigenvalue weighted by Crippen LogP contribution is -2.70. The van der Waals surface area contributed by atoms with Crippen LogP contribution in [0.1, 0.15) is 120 Å². The number of ketones is 1. The Kier molecular flexibility index (Phi) is 11.7. The summed E-state index contributed by atoms with van der Waals surface area (Å²) in [7, 11) is 0. The fourth-order valence-corrected chi connectivity index (χ4v) is 11.5. The van der Waals surface area contributed by atoms with Crippen LogP contribution in [0.3, 0.4) is 0 Å². The molecule has 2 aliphatic heterocycles. The maximum absolute atomic E-state index is 17.4. The topological polar surface area (TPSA) is 212 Å². The van der Waals surface area contributed by atoms with Crippen LogP contribution < -0.4 is 20.7 Å². The van der Waals surface area contributed by atoms with Crippen molar-refractivity contribution in [1.82, 2.24) is 20.9 Å². The summed E-state index contributed by atoms with van der Waals surface area (Å²) in [6.45, 7) is 5.87. The van der Waals surface area contributed by atoms with Gasteiger partial charge < -0.3 is 30.7 Å². The van der Waals surface area contributed by atoms with Gasteiger partial charge in [-0.2, -0.15) is 0 Å². The van der Waals surface area contributed by atoms with Crippen LogP contribution in [0.4, 0.5) is 4.39 Å². The van der Waals surface area contributed by atoms with Crippen molar-refractivity contribution in [2.75, 3.05) is 19.7 Å². The Labute approximate surface area is 343 Å². The molecule has 3 saturated carbocycles. The summed E-state index contributed by atoms with van der Waals surface area (Å²) in [6, 6.07) is 3.64. The van der Waals surface area contributed by atoms with Gasteiger partial charge in [-0.3, -0.25) is 39.0 Å². The number of imide groups is 1. The number of halogens is 1. The van der Waals surface area contributed by atoms with Crippen molar-refractivity contribution in [1.29, 1.82) is 0 Å². The summed E-state index contributed by atoms with van der Waals surface area (Å²) in [5.41, 5.74) is -4.94. The summed E-state index contributed by atoms with van der Waals surface area (Å²) in [5.74, 6) is -3.98. The minimum Gasteiger partial charge on any atom is -0.483 e. The summed E-state index contributed by atoms with van der Waals surface area (Å²) >= 11 is 0. The monoisotopic (exact) mass is 820 g/mol. The molecule has 0 aromatic heterocycles. The Balaban J connectivity index is 0.804. The zero-order valence-electron chi connectivity index (χ0n) is 34.1. The van der Waals surface area contributed by atoms with E-state index in [0.717, 1.165) is 37.0 Å². The number of nitrogens with zero attached hydrogens (tertiary/aromatic N) is 1. The first kappa shape index (κ1) is 42.6. The van der Waals surface area contributed by atoms with Crippen molar-refractivity contribution in [3.05, 3.63) is 53.1 Å². The van der Waals surface area contributed by atoms with Gasteiger partial charge in [-0.15, -0.1) is 0 Å². The largest absolute Gasteiger partial charge is 0.483 e.